The van der Waals surface area contributed by atoms with Crippen LogP contribution < -0.4 is 10.6 Å². The molecule has 104 valence electrons. The number of thiazole rings is 1. The van der Waals surface area contributed by atoms with Crippen molar-refractivity contribution >= 4 is 50.7 Å². The number of unbranched alkanes of at least 4 members (excludes halogenated alkanes) is 1. The minimum Gasteiger partial charge on any atom is -0.338 e. The topological polar surface area (TPSA) is 66.4 Å². The molecule has 7 heteroatoms. The average Bonchev–Trinajstić information content (AvgIpc) is 2.90. The average molecular weight is 306 g/mol. The predicted molar refractivity (Wildman–Crippen MR) is 85.8 cm³/mol. The van der Waals surface area contributed by atoms with Crippen LogP contribution in [0, 0.1) is 0 Å². The third kappa shape index (κ3) is 4.38. The summed E-state index contributed by atoms with van der Waals surface area (Å²) in [6, 6.07) is 5.47. The molecule has 2 aromatic rings. The quantitative estimate of drug-likeness (QED) is 0.489. The lowest BCUT2D eigenvalue weighted by Gasteiger charge is -2.07. The van der Waals surface area contributed by atoms with Gasteiger partial charge < -0.3 is 10.6 Å². The number of rotatable bonds is 6. The summed E-state index contributed by atoms with van der Waals surface area (Å²) >= 11 is 6.05. The monoisotopic (exact) mass is 306 g/mol. The predicted octanol–water partition coefficient (Wildman–Crippen LogP) is 3.30. The fourth-order valence-electron chi connectivity index (χ4n) is 1.67. The molecule has 0 aliphatic heterocycles. The molecule has 0 unspecified atom stereocenters. The van der Waals surface area contributed by atoms with Crippen LogP contribution in [0.1, 0.15) is 12.8 Å². The minimum absolute atomic E-state index is 0.210. The molecule has 20 heavy (non-hydrogen) atoms. The largest absolute Gasteiger partial charge is 0.338 e. The number of urea groups is 1. The van der Waals surface area contributed by atoms with E-state index in [1.54, 1.807) is 16.8 Å². The Bertz CT molecular complexity index is 634. The van der Waals surface area contributed by atoms with Gasteiger partial charge in [0, 0.05) is 18.8 Å². The van der Waals surface area contributed by atoms with Gasteiger partial charge in [-0.1, -0.05) is 0 Å². The summed E-state index contributed by atoms with van der Waals surface area (Å²) in [5, 5.41) is 7.90. The number of hydrogen-bond donors (Lipinski definition) is 2. The van der Waals surface area contributed by atoms with Gasteiger partial charge in [-0.05, 0) is 43.3 Å². The fraction of sp³-hybridized carbons (Fsp3) is 0.308. The molecule has 5 nitrogen and oxygen atoms in total. The number of amides is 2. The van der Waals surface area contributed by atoms with Gasteiger partial charge in [-0.15, -0.1) is 11.3 Å². The van der Waals surface area contributed by atoms with E-state index in [9.17, 15) is 4.79 Å². The van der Waals surface area contributed by atoms with Crippen LogP contribution in [-0.4, -0.2) is 29.3 Å². The van der Waals surface area contributed by atoms with Crippen LogP contribution in [0.15, 0.2) is 28.7 Å². The number of hydrogen-bond acceptors (Lipinski definition) is 5. The Labute approximate surface area is 126 Å². The number of isothiocyanates is 1. The molecule has 0 saturated heterocycles. The normalized spacial score (nSPS) is 10.0. The van der Waals surface area contributed by atoms with Crippen molar-refractivity contribution in [2.24, 2.45) is 4.99 Å². The van der Waals surface area contributed by atoms with Crippen LogP contribution in [0.4, 0.5) is 10.5 Å². The van der Waals surface area contributed by atoms with Crippen molar-refractivity contribution in [3.05, 3.63) is 23.7 Å². The molecule has 2 rings (SSSR count). The van der Waals surface area contributed by atoms with Gasteiger partial charge in [-0.25, -0.2) is 14.8 Å². The Morgan fingerprint density at radius 3 is 3.20 bits per heavy atom. The summed E-state index contributed by atoms with van der Waals surface area (Å²) in [5.41, 5.74) is 3.43. The molecule has 0 radical (unpaired) electrons. The number of nitrogens with zero attached hydrogens (tertiary/aromatic N) is 2. The number of carbonyl (C=O) groups excluding carboxylic acids is 1. The number of thiocarbonyl (C=S) groups is 1. The van der Waals surface area contributed by atoms with Crippen LogP contribution in [0.3, 0.4) is 0 Å². The minimum atomic E-state index is -0.210. The van der Waals surface area contributed by atoms with Gasteiger partial charge in [0.2, 0.25) is 0 Å². The molecule has 0 atom stereocenters. The van der Waals surface area contributed by atoms with Crippen molar-refractivity contribution in [2.45, 2.75) is 12.8 Å². The molecule has 0 aliphatic carbocycles. The number of carbonyl (C=O) groups is 1. The summed E-state index contributed by atoms with van der Waals surface area (Å²) in [6.45, 7) is 1.27. The smallest absolute Gasteiger partial charge is 0.319 e. The first kappa shape index (κ1) is 14.6. The molecular weight excluding hydrogens is 292 g/mol. The SMILES string of the molecule is O=C(NCCCCN=C=S)Nc1ccc2scnc2c1. The number of aliphatic imine (C=N–C) groups is 1. The van der Waals surface area contributed by atoms with E-state index in [-0.39, 0.29) is 6.03 Å². The maximum atomic E-state index is 11.7. The van der Waals surface area contributed by atoms with Gasteiger partial charge in [-0.2, -0.15) is 0 Å². The lowest BCUT2D eigenvalue weighted by molar-refractivity contribution is 0.252. The zero-order chi connectivity index (χ0) is 14.2. The van der Waals surface area contributed by atoms with Crippen LogP contribution in [0.2, 0.25) is 0 Å². The van der Waals surface area contributed by atoms with E-state index in [1.165, 1.54) is 0 Å². The number of fused-ring (bicyclic) bond motifs is 1. The van der Waals surface area contributed by atoms with E-state index in [0.717, 1.165) is 28.7 Å². The highest BCUT2D eigenvalue weighted by atomic mass is 32.1. The third-order valence-corrected chi connectivity index (χ3v) is 3.57. The third-order valence-electron chi connectivity index (χ3n) is 2.64. The standard InChI is InChI=1S/C13H14N4OS2/c18-13(15-6-2-1-5-14-8-19)17-10-3-4-12-11(7-10)16-9-20-12/h3-4,7,9H,1-2,5-6H2,(H2,15,17,18). The number of aromatic nitrogens is 1. The second kappa shape index (κ2) is 7.69. The van der Waals surface area contributed by atoms with Crippen molar-refractivity contribution in [1.29, 1.82) is 0 Å². The maximum Gasteiger partial charge on any atom is 0.319 e. The van der Waals surface area contributed by atoms with Gasteiger partial charge in [0.1, 0.15) is 0 Å². The van der Waals surface area contributed by atoms with E-state index in [4.69, 9.17) is 0 Å². The summed E-state index contributed by atoms with van der Waals surface area (Å²) in [4.78, 5) is 19.7. The number of anilines is 1. The lowest BCUT2D eigenvalue weighted by Crippen LogP contribution is -2.29. The first-order chi connectivity index (χ1) is 9.79. The van der Waals surface area contributed by atoms with Crippen molar-refractivity contribution in [3.8, 4) is 0 Å². The van der Waals surface area contributed by atoms with Gasteiger partial charge in [0.15, 0.2) is 0 Å². The zero-order valence-electron chi connectivity index (χ0n) is 10.8. The van der Waals surface area contributed by atoms with Crippen molar-refractivity contribution in [2.75, 3.05) is 18.4 Å². The molecule has 2 amide bonds. The highest BCUT2D eigenvalue weighted by Gasteiger charge is 2.03. The van der Waals surface area contributed by atoms with Gasteiger partial charge in [-0.3, -0.25) is 0 Å². The van der Waals surface area contributed by atoms with Crippen LogP contribution >= 0.6 is 23.6 Å². The van der Waals surface area contributed by atoms with Gasteiger partial charge in [0.05, 0.1) is 20.9 Å². The highest BCUT2D eigenvalue weighted by molar-refractivity contribution is 7.78. The first-order valence-corrected chi connectivity index (χ1v) is 7.50. The molecular formula is C13H14N4OS2. The van der Waals surface area contributed by atoms with E-state index < -0.39 is 0 Å². The van der Waals surface area contributed by atoms with E-state index >= 15 is 0 Å². The lowest BCUT2D eigenvalue weighted by atomic mass is 10.3. The second-order valence-electron chi connectivity index (χ2n) is 4.10. The van der Waals surface area contributed by atoms with Crippen molar-refractivity contribution < 1.29 is 4.79 Å². The zero-order valence-corrected chi connectivity index (χ0v) is 12.4. The molecule has 0 bridgehead atoms. The number of benzene rings is 1. The molecule has 0 spiro atoms. The van der Waals surface area contributed by atoms with E-state index in [0.29, 0.717) is 13.1 Å². The Kier molecular flexibility index (Phi) is 5.61. The summed E-state index contributed by atoms with van der Waals surface area (Å²) in [6.07, 6.45) is 1.74. The first-order valence-electron chi connectivity index (χ1n) is 6.21. The van der Waals surface area contributed by atoms with Crippen LogP contribution in [-0.2, 0) is 0 Å². The Morgan fingerprint density at radius 2 is 2.35 bits per heavy atom. The van der Waals surface area contributed by atoms with Crippen LogP contribution in [0.5, 0.6) is 0 Å². The Balaban J connectivity index is 1.74. The Hall–Kier alpha value is -1.82. The molecule has 1 aromatic heterocycles. The van der Waals surface area contributed by atoms with Gasteiger partial charge >= 0.3 is 6.03 Å². The van der Waals surface area contributed by atoms with Crippen LogP contribution in [0.25, 0.3) is 10.2 Å². The fourth-order valence-corrected chi connectivity index (χ4v) is 2.42. The van der Waals surface area contributed by atoms with Crippen molar-refractivity contribution in [1.82, 2.24) is 10.3 Å². The summed E-state index contributed by atoms with van der Waals surface area (Å²) in [5.74, 6) is 0. The molecule has 0 fully saturated rings. The Morgan fingerprint density at radius 1 is 1.45 bits per heavy atom. The molecule has 0 saturated carbocycles. The molecule has 1 aromatic carbocycles. The van der Waals surface area contributed by atoms with E-state index in [2.05, 4.69) is 38.0 Å². The van der Waals surface area contributed by atoms with Gasteiger partial charge in [0.25, 0.3) is 0 Å². The second-order valence-corrected chi connectivity index (χ2v) is 5.16. The van der Waals surface area contributed by atoms with Crippen molar-refractivity contribution in [3.63, 3.8) is 0 Å². The number of nitrogens with one attached hydrogen (secondary N) is 2. The molecule has 0 aliphatic rings. The van der Waals surface area contributed by atoms with E-state index in [1.807, 2.05) is 18.2 Å². The summed E-state index contributed by atoms with van der Waals surface area (Å²) < 4.78 is 1.11. The molecule has 1 heterocycles. The highest BCUT2D eigenvalue weighted by Crippen LogP contribution is 2.21. The summed E-state index contributed by atoms with van der Waals surface area (Å²) in [7, 11) is 0. The molecule has 2 N–H and O–H groups in total. The maximum absolute atomic E-state index is 11.7.